The molecule has 82 valence electrons. The van der Waals surface area contributed by atoms with Crippen molar-refractivity contribution in [1.82, 2.24) is 0 Å². The fraction of sp³-hybridized carbons (Fsp3) is 0.545. The molecule has 1 aliphatic rings. The third-order valence-electron chi connectivity index (χ3n) is 3.01. The van der Waals surface area contributed by atoms with Crippen LogP contribution in [-0.4, -0.2) is 11.1 Å². The molecule has 3 N–H and O–H groups in total. The van der Waals surface area contributed by atoms with Crippen LogP contribution in [0.2, 0.25) is 0 Å². The average molecular weight is 209 g/mol. The monoisotopic (exact) mass is 209 g/mol. The molecule has 0 spiro atoms. The van der Waals surface area contributed by atoms with E-state index in [4.69, 9.17) is 15.3 Å². The Morgan fingerprint density at radius 3 is 2.87 bits per heavy atom. The molecule has 0 aromatic carbocycles. The molecule has 1 unspecified atom stereocenters. The Bertz CT molecular complexity index is 408. The van der Waals surface area contributed by atoms with Crippen molar-refractivity contribution >= 4 is 5.97 Å². The number of nitrogens with two attached hydrogens (primary N) is 1. The van der Waals surface area contributed by atoms with Crippen molar-refractivity contribution in [1.29, 1.82) is 0 Å². The summed E-state index contributed by atoms with van der Waals surface area (Å²) in [7, 11) is 0. The maximum atomic E-state index is 11.1. The van der Waals surface area contributed by atoms with Crippen molar-refractivity contribution in [3.8, 4) is 0 Å². The van der Waals surface area contributed by atoms with Crippen LogP contribution in [-0.2, 0) is 16.8 Å². The minimum Gasteiger partial charge on any atom is -0.480 e. The summed E-state index contributed by atoms with van der Waals surface area (Å²) in [4.78, 5) is 11.1. The Labute approximate surface area is 88.1 Å². The van der Waals surface area contributed by atoms with Gasteiger partial charge in [0.05, 0.1) is 0 Å². The summed E-state index contributed by atoms with van der Waals surface area (Å²) in [6.45, 7) is 4.01. The van der Waals surface area contributed by atoms with Gasteiger partial charge >= 0.3 is 5.97 Å². The highest BCUT2D eigenvalue weighted by atomic mass is 16.4. The fourth-order valence-electron chi connectivity index (χ4n) is 1.96. The second-order valence-electron chi connectivity index (χ2n) is 4.42. The summed E-state index contributed by atoms with van der Waals surface area (Å²) in [5.74, 6) is 0.838. The smallest absolute Gasteiger partial charge is 0.328 e. The maximum Gasteiger partial charge on any atom is 0.328 e. The number of furan rings is 1. The van der Waals surface area contributed by atoms with Crippen LogP contribution in [0.3, 0.4) is 0 Å². The first-order chi connectivity index (χ1) is 6.95. The molecule has 0 saturated carbocycles. The van der Waals surface area contributed by atoms with Gasteiger partial charge in [0, 0.05) is 17.9 Å². The van der Waals surface area contributed by atoms with Gasteiger partial charge in [-0.3, -0.25) is 0 Å². The molecule has 0 bridgehead atoms. The van der Waals surface area contributed by atoms with Crippen molar-refractivity contribution in [3.63, 3.8) is 0 Å². The average Bonchev–Trinajstić information content (AvgIpc) is 2.67. The van der Waals surface area contributed by atoms with E-state index in [-0.39, 0.29) is 5.92 Å². The van der Waals surface area contributed by atoms with Crippen LogP contribution in [0.1, 0.15) is 43.3 Å². The van der Waals surface area contributed by atoms with Crippen molar-refractivity contribution in [2.24, 2.45) is 5.73 Å². The van der Waals surface area contributed by atoms with Crippen molar-refractivity contribution in [3.05, 3.63) is 23.2 Å². The number of hydrogen-bond donors (Lipinski definition) is 2. The Kier molecular flexibility index (Phi) is 2.12. The first-order valence-corrected chi connectivity index (χ1v) is 5.10. The summed E-state index contributed by atoms with van der Waals surface area (Å²) in [6, 6.07) is 1.79. The number of carboxylic acids is 1. The number of rotatable bonds is 2. The molecule has 1 aromatic rings. The molecular weight excluding hydrogens is 194 g/mol. The van der Waals surface area contributed by atoms with Gasteiger partial charge in [-0.05, 0) is 12.5 Å². The molecular formula is C11H15NO3. The first kappa shape index (κ1) is 10.2. The van der Waals surface area contributed by atoms with Gasteiger partial charge in [0.15, 0.2) is 0 Å². The van der Waals surface area contributed by atoms with E-state index in [2.05, 4.69) is 0 Å². The third kappa shape index (κ3) is 1.36. The van der Waals surface area contributed by atoms with Gasteiger partial charge in [0.2, 0.25) is 0 Å². The van der Waals surface area contributed by atoms with Crippen molar-refractivity contribution in [2.75, 3.05) is 0 Å². The van der Waals surface area contributed by atoms with E-state index in [1.165, 1.54) is 0 Å². The topological polar surface area (TPSA) is 76.5 Å². The number of hydrogen-bond acceptors (Lipinski definition) is 3. The Hall–Kier alpha value is -1.29. The summed E-state index contributed by atoms with van der Waals surface area (Å²) in [5.41, 5.74) is 5.27. The third-order valence-corrected chi connectivity index (χ3v) is 3.01. The normalized spacial score (nSPS) is 24.5. The maximum absolute atomic E-state index is 11.1. The lowest BCUT2D eigenvalue weighted by Crippen LogP contribution is -2.42. The lowest BCUT2D eigenvalue weighted by molar-refractivity contribution is -0.143. The van der Waals surface area contributed by atoms with Gasteiger partial charge in [-0.1, -0.05) is 13.8 Å². The van der Waals surface area contributed by atoms with Crippen LogP contribution in [0, 0.1) is 0 Å². The Morgan fingerprint density at radius 2 is 2.33 bits per heavy atom. The molecule has 15 heavy (non-hydrogen) atoms. The molecule has 4 heteroatoms. The molecule has 2 rings (SSSR count). The highest BCUT2D eigenvalue weighted by Crippen LogP contribution is 2.38. The summed E-state index contributed by atoms with van der Waals surface area (Å²) in [6.07, 6.45) is 1.04. The van der Waals surface area contributed by atoms with Crippen molar-refractivity contribution < 1.29 is 14.3 Å². The SMILES string of the molecule is CC(C)c1cc2c(o1)CCC2(N)C(=O)O. The summed E-state index contributed by atoms with van der Waals surface area (Å²) in [5, 5.41) is 9.10. The number of aryl methyl sites for hydroxylation is 1. The molecule has 1 aromatic heterocycles. The van der Waals surface area contributed by atoms with E-state index in [9.17, 15) is 4.79 Å². The van der Waals surface area contributed by atoms with E-state index >= 15 is 0 Å². The van der Waals surface area contributed by atoms with Gasteiger partial charge in [0.25, 0.3) is 0 Å². The summed E-state index contributed by atoms with van der Waals surface area (Å²) >= 11 is 0. The Morgan fingerprint density at radius 1 is 1.67 bits per heavy atom. The lowest BCUT2D eigenvalue weighted by Gasteiger charge is -2.17. The van der Waals surface area contributed by atoms with Crippen LogP contribution in [0.25, 0.3) is 0 Å². The number of carbonyl (C=O) groups is 1. The van der Waals surface area contributed by atoms with E-state index < -0.39 is 11.5 Å². The van der Waals surface area contributed by atoms with Gasteiger partial charge in [-0.2, -0.15) is 0 Å². The molecule has 1 heterocycles. The first-order valence-electron chi connectivity index (χ1n) is 5.10. The molecule has 0 aliphatic heterocycles. The molecule has 0 saturated heterocycles. The van der Waals surface area contributed by atoms with Crippen LogP contribution in [0.5, 0.6) is 0 Å². The highest BCUT2D eigenvalue weighted by Gasteiger charge is 2.44. The second-order valence-corrected chi connectivity index (χ2v) is 4.42. The van der Waals surface area contributed by atoms with Crippen LogP contribution in [0.4, 0.5) is 0 Å². The predicted octanol–water partition coefficient (Wildman–Crippen LogP) is 1.59. The number of aliphatic carboxylic acids is 1. The minimum absolute atomic E-state index is 0.258. The zero-order valence-electron chi connectivity index (χ0n) is 8.91. The lowest BCUT2D eigenvalue weighted by atomic mass is 9.94. The largest absolute Gasteiger partial charge is 0.480 e. The standard InChI is InChI=1S/C11H15NO3/c1-6(2)9-5-7-8(15-9)3-4-11(7,12)10(13)14/h5-6H,3-4,12H2,1-2H3,(H,13,14). The van der Waals surface area contributed by atoms with Gasteiger partial charge < -0.3 is 15.3 Å². The highest BCUT2D eigenvalue weighted by molar-refractivity contribution is 5.82. The molecule has 1 aliphatic carbocycles. The van der Waals surface area contributed by atoms with Gasteiger partial charge in [0.1, 0.15) is 17.1 Å². The van der Waals surface area contributed by atoms with Gasteiger partial charge in [-0.25, -0.2) is 4.79 Å². The second kappa shape index (κ2) is 3.10. The van der Waals surface area contributed by atoms with Crippen LogP contribution < -0.4 is 5.73 Å². The Balaban J connectivity index is 2.46. The van der Waals surface area contributed by atoms with Crippen LogP contribution >= 0.6 is 0 Å². The van der Waals surface area contributed by atoms with Gasteiger partial charge in [-0.15, -0.1) is 0 Å². The van der Waals surface area contributed by atoms with E-state index in [0.29, 0.717) is 18.4 Å². The molecule has 4 nitrogen and oxygen atoms in total. The van der Waals surface area contributed by atoms with E-state index in [1.807, 2.05) is 13.8 Å². The minimum atomic E-state index is -1.24. The zero-order valence-corrected chi connectivity index (χ0v) is 8.91. The molecule has 0 amide bonds. The summed E-state index contributed by atoms with van der Waals surface area (Å²) < 4.78 is 5.59. The number of carboxylic acid groups (broad SMARTS) is 1. The molecule has 0 radical (unpaired) electrons. The molecule has 1 atom stereocenters. The van der Waals surface area contributed by atoms with E-state index in [1.54, 1.807) is 6.07 Å². The van der Waals surface area contributed by atoms with E-state index in [0.717, 1.165) is 11.5 Å². The predicted molar refractivity (Wildman–Crippen MR) is 54.6 cm³/mol. The van der Waals surface area contributed by atoms with Crippen LogP contribution in [0.15, 0.2) is 10.5 Å². The quantitative estimate of drug-likeness (QED) is 0.775. The van der Waals surface area contributed by atoms with Crippen molar-refractivity contribution in [2.45, 2.75) is 38.1 Å². The fourth-order valence-corrected chi connectivity index (χ4v) is 1.96. The number of fused-ring (bicyclic) bond motifs is 1. The zero-order chi connectivity index (χ0) is 11.2. The molecule has 0 fully saturated rings.